The van der Waals surface area contributed by atoms with Gasteiger partial charge in [0.15, 0.2) is 5.17 Å². The van der Waals surface area contributed by atoms with Gasteiger partial charge in [0, 0.05) is 12.1 Å². The number of amides is 1. The third-order valence-electron chi connectivity index (χ3n) is 4.52. The van der Waals surface area contributed by atoms with Gasteiger partial charge in [-0.1, -0.05) is 48.5 Å². The van der Waals surface area contributed by atoms with Crippen LogP contribution in [0.4, 0.5) is 5.69 Å². The van der Waals surface area contributed by atoms with Crippen molar-refractivity contribution in [2.75, 3.05) is 5.32 Å². The highest BCUT2D eigenvalue weighted by Gasteiger charge is 2.22. The Labute approximate surface area is 172 Å². The molecule has 2 N–H and O–H groups in total. The first-order valence-corrected chi connectivity index (χ1v) is 9.98. The Morgan fingerprint density at radius 2 is 1.79 bits per heavy atom. The Bertz CT molecular complexity index is 1150. The van der Waals surface area contributed by atoms with Gasteiger partial charge in [-0.25, -0.2) is 0 Å². The van der Waals surface area contributed by atoms with E-state index in [2.05, 4.69) is 22.4 Å². The molecule has 3 aromatic carbocycles. The SMILES string of the molecule is O=C(O)CCc1ccc(NC2=NC(=O)/C(=C/c3ccc4ccccc4c3)S2)cc1. The molecular weight excluding hydrogens is 384 g/mol. The van der Waals surface area contributed by atoms with E-state index in [1.807, 2.05) is 60.7 Å². The summed E-state index contributed by atoms with van der Waals surface area (Å²) in [5.74, 6) is -1.07. The van der Waals surface area contributed by atoms with Gasteiger partial charge in [-0.3, -0.25) is 9.59 Å². The number of carboxylic acid groups (broad SMARTS) is 1. The van der Waals surface area contributed by atoms with E-state index in [9.17, 15) is 9.59 Å². The van der Waals surface area contributed by atoms with Crippen molar-refractivity contribution in [3.8, 4) is 0 Å². The van der Waals surface area contributed by atoms with Crippen molar-refractivity contribution in [3.63, 3.8) is 0 Å². The minimum atomic E-state index is -0.812. The molecule has 0 saturated heterocycles. The summed E-state index contributed by atoms with van der Waals surface area (Å²) in [6, 6.07) is 21.6. The van der Waals surface area contributed by atoms with Crippen LogP contribution in [0, 0.1) is 0 Å². The van der Waals surface area contributed by atoms with E-state index in [1.165, 1.54) is 11.8 Å². The minimum Gasteiger partial charge on any atom is -0.481 e. The Kier molecular flexibility index (Phi) is 5.44. The summed E-state index contributed by atoms with van der Waals surface area (Å²) in [5.41, 5.74) is 2.71. The van der Waals surface area contributed by atoms with Crippen molar-refractivity contribution >= 4 is 51.3 Å². The van der Waals surface area contributed by atoms with Gasteiger partial charge in [-0.05, 0) is 64.4 Å². The molecule has 1 heterocycles. The number of anilines is 1. The first-order chi connectivity index (χ1) is 14.1. The molecule has 0 aliphatic carbocycles. The largest absolute Gasteiger partial charge is 0.481 e. The second-order valence-electron chi connectivity index (χ2n) is 6.66. The van der Waals surface area contributed by atoms with Crippen LogP contribution < -0.4 is 5.32 Å². The number of rotatable bonds is 5. The van der Waals surface area contributed by atoms with Crippen LogP contribution in [-0.2, 0) is 16.0 Å². The Balaban J connectivity index is 1.43. The molecule has 0 aromatic heterocycles. The Hall–Kier alpha value is -3.38. The summed E-state index contributed by atoms with van der Waals surface area (Å²) < 4.78 is 0. The molecule has 0 fully saturated rings. The molecule has 0 unspecified atom stereocenters. The average molecular weight is 402 g/mol. The first-order valence-electron chi connectivity index (χ1n) is 9.16. The second-order valence-corrected chi connectivity index (χ2v) is 7.69. The molecule has 5 nitrogen and oxygen atoms in total. The zero-order valence-electron chi connectivity index (χ0n) is 15.5. The molecule has 29 heavy (non-hydrogen) atoms. The third kappa shape index (κ3) is 4.73. The molecule has 1 aliphatic rings. The van der Waals surface area contributed by atoms with Gasteiger partial charge in [0.05, 0.1) is 4.91 Å². The fourth-order valence-corrected chi connectivity index (χ4v) is 3.87. The normalized spacial score (nSPS) is 15.0. The number of nitrogens with zero attached hydrogens (tertiary/aromatic N) is 1. The average Bonchev–Trinajstić information content (AvgIpc) is 3.06. The molecule has 0 bridgehead atoms. The predicted octanol–water partition coefficient (Wildman–Crippen LogP) is 4.94. The van der Waals surface area contributed by atoms with E-state index < -0.39 is 5.97 Å². The number of aliphatic imine (C=N–C) groups is 1. The number of nitrogens with one attached hydrogen (secondary N) is 1. The van der Waals surface area contributed by atoms with E-state index in [1.54, 1.807) is 0 Å². The van der Waals surface area contributed by atoms with Crippen LogP contribution >= 0.6 is 11.8 Å². The van der Waals surface area contributed by atoms with Crippen molar-refractivity contribution < 1.29 is 14.7 Å². The second kappa shape index (κ2) is 8.32. The van der Waals surface area contributed by atoms with E-state index in [4.69, 9.17) is 5.11 Å². The zero-order chi connectivity index (χ0) is 20.2. The number of fused-ring (bicyclic) bond motifs is 1. The highest BCUT2D eigenvalue weighted by molar-refractivity contribution is 8.18. The van der Waals surface area contributed by atoms with E-state index in [0.717, 1.165) is 27.6 Å². The van der Waals surface area contributed by atoms with Gasteiger partial charge in [0.25, 0.3) is 5.91 Å². The lowest BCUT2D eigenvalue weighted by molar-refractivity contribution is -0.137. The minimum absolute atomic E-state index is 0.104. The van der Waals surface area contributed by atoms with E-state index in [0.29, 0.717) is 16.5 Å². The lowest BCUT2D eigenvalue weighted by atomic mass is 10.1. The maximum atomic E-state index is 12.3. The number of thioether (sulfide) groups is 1. The molecule has 0 saturated carbocycles. The lowest BCUT2D eigenvalue weighted by Gasteiger charge is -2.06. The Morgan fingerprint density at radius 3 is 2.55 bits per heavy atom. The Morgan fingerprint density at radius 1 is 1.03 bits per heavy atom. The van der Waals surface area contributed by atoms with Crippen LogP contribution in [0.15, 0.2) is 76.6 Å². The van der Waals surface area contributed by atoms with Gasteiger partial charge in [-0.2, -0.15) is 4.99 Å². The molecule has 0 atom stereocenters. The van der Waals surface area contributed by atoms with Gasteiger partial charge < -0.3 is 10.4 Å². The molecule has 3 aromatic rings. The zero-order valence-corrected chi connectivity index (χ0v) is 16.3. The number of aliphatic carboxylic acids is 1. The number of carbonyl (C=O) groups is 2. The van der Waals surface area contributed by atoms with Crippen molar-refractivity contribution in [3.05, 3.63) is 82.8 Å². The van der Waals surface area contributed by atoms with Gasteiger partial charge in [-0.15, -0.1) is 0 Å². The molecule has 0 radical (unpaired) electrons. The number of hydrogen-bond acceptors (Lipinski definition) is 4. The van der Waals surface area contributed by atoms with Crippen LogP contribution in [0.1, 0.15) is 17.5 Å². The highest BCUT2D eigenvalue weighted by Crippen LogP contribution is 2.30. The van der Waals surface area contributed by atoms with Crippen LogP contribution in [0.25, 0.3) is 16.8 Å². The maximum absolute atomic E-state index is 12.3. The van der Waals surface area contributed by atoms with Crippen LogP contribution in [0.5, 0.6) is 0 Å². The summed E-state index contributed by atoms with van der Waals surface area (Å²) in [4.78, 5) is 27.6. The molecule has 1 aliphatic heterocycles. The molecule has 144 valence electrons. The van der Waals surface area contributed by atoms with Gasteiger partial charge in [0.2, 0.25) is 0 Å². The predicted molar refractivity (Wildman–Crippen MR) is 118 cm³/mol. The maximum Gasteiger partial charge on any atom is 0.303 e. The number of hydrogen-bond donors (Lipinski definition) is 2. The summed E-state index contributed by atoms with van der Waals surface area (Å²) in [6.45, 7) is 0. The van der Waals surface area contributed by atoms with Crippen molar-refractivity contribution in [1.29, 1.82) is 0 Å². The van der Waals surface area contributed by atoms with Crippen LogP contribution in [0.3, 0.4) is 0 Å². The topological polar surface area (TPSA) is 78.8 Å². The number of carboxylic acids is 1. The van der Waals surface area contributed by atoms with Crippen molar-refractivity contribution in [2.45, 2.75) is 12.8 Å². The molecule has 1 amide bonds. The number of carbonyl (C=O) groups excluding carboxylic acids is 1. The van der Waals surface area contributed by atoms with Crippen molar-refractivity contribution in [1.82, 2.24) is 0 Å². The third-order valence-corrected chi connectivity index (χ3v) is 5.42. The standard InChI is InChI=1S/C23H18N2O3S/c26-21(27)12-8-15-6-10-19(11-7-15)24-23-25-22(28)20(29-23)14-16-5-9-17-3-1-2-4-18(17)13-16/h1-7,9-11,13-14H,8,12H2,(H,26,27)(H,24,25,28)/b20-14-. The molecule has 0 spiro atoms. The summed E-state index contributed by atoms with van der Waals surface area (Å²) in [5, 5.41) is 14.7. The summed E-state index contributed by atoms with van der Waals surface area (Å²) in [6.07, 6.45) is 2.45. The van der Waals surface area contributed by atoms with Crippen LogP contribution in [-0.4, -0.2) is 22.2 Å². The lowest BCUT2D eigenvalue weighted by Crippen LogP contribution is -2.05. The molecule has 4 rings (SSSR count). The van der Waals surface area contributed by atoms with Crippen LogP contribution in [0.2, 0.25) is 0 Å². The number of amidine groups is 1. The highest BCUT2D eigenvalue weighted by atomic mass is 32.2. The van der Waals surface area contributed by atoms with Gasteiger partial charge >= 0.3 is 5.97 Å². The summed E-state index contributed by atoms with van der Waals surface area (Å²) >= 11 is 1.30. The number of benzene rings is 3. The van der Waals surface area contributed by atoms with E-state index in [-0.39, 0.29) is 12.3 Å². The monoisotopic (exact) mass is 402 g/mol. The fraction of sp³-hybridized carbons (Fsp3) is 0.0870. The molecular formula is C23H18N2O3S. The van der Waals surface area contributed by atoms with E-state index >= 15 is 0 Å². The molecule has 6 heteroatoms. The smallest absolute Gasteiger partial charge is 0.303 e. The first kappa shape index (κ1) is 19.0. The quantitative estimate of drug-likeness (QED) is 0.591. The van der Waals surface area contributed by atoms with Crippen molar-refractivity contribution in [2.24, 2.45) is 4.99 Å². The fourth-order valence-electron chi connectivity index (χ4n) is 3.04. The number of aryl methyl sites for hydroxylation is 1. The van der Waals surface area contributed by atoms with Gasteiger partial charge in [0.1, 0.15) is 0 Å². The summed E-state index contributed by atoms with van der Waals surface area (Å²) in [7, 11) is 0.